The Morgan fingerprint density at radius 3 is 2.83 bits per heavy atom. The Balaban J connectivity index is 2.44. The molecule has 1 heterocycles. The molecule has 2 atom stereocenters. The SMILES string of the molecule is CC(CO)NC(C)c1cccs1. The summed E-state index contributed by atoms with van der Waals surface area (Å²) in [4.78, 5) is 1.32. The van der Waals surface area contributed by atoms with Gasteiger partial charge in [0, 0.05) is 17.0 Å². The summed E-state index contributed by atoms with van der Waals surface area (Å²) in [6.45, 7) is 4.28. The van der Waals surface area contributed by atoms with Gasteiger partial charge in [-0.3, -0.25) is 0 Å². The second-order valence-corrected chi connectivity index (χ2v) is 3.97. The number of hydrogen-bond donors (Lipinski definition) is 2. The second kappa shape index (κ2) is 4.60. The molecule has 0 amide bonds. The van der Waals surface area contributed by atoms with Crippen molar-refractivity contribution in [2.75, 3.05) is 6.61 Å². The first-order valence-corrected chi connectivity index (χ1v) is 5.02. The molecular weight excluding hydrogens is 170 g/mol. The predicted octanol–water partition coefficient (Wildman–Crippen LogP) is 1.78. The molecule has 1 aromatic heterocycles. The van der Waals surface area contributed by atoms with Crippen molar-refractivity contribution in [3.05, 3.63) is 22.4 Å². The fourth-order valence-corrected chi connectivity index (χ4v) is 1.84. The average Bonchev–Trinajstić information content (AvgIpc) is 2.56. The van der Waals surface area contributed by atoms with Crippen molar-refractivity contribution in [2.24, 2.45) is 0 Å². The van der Waals surface area contributed by atoms with Crippen molar-refractivity contribution in [3.63, 3.8) is 0 Å². The minimum Gasteiger partial charge on any atom is -0.395 e. The summed E-state index contributed by atoms with van der Waals surface area (Å²) in [5.74, 6) is 0. The van der Waals surface area contributed by atoms with Crippen molar-refractivity contribution >= 4 is 11.3 Å². The molecule has 0 aromatic carbocycles. The average molecular weight is 185 g/mol. The highest BCUT2D eigenvalue weighted by Crippen LogP contribution is 2.18. The normalized spacial score (nSPS) is 15.9. The first kappa shape index (κ1) is 9.71. The zero-order valence-electron chi connectivity index (χ0n) is 7.45. The van der Waals surface area contributed by atoms with Crippen LogP contribution in [0.4, 0.5) is 0 Å². The summed E-state index contributed by atoms with van der Waals surface area (Å²) in [6, 6.07) is 4.66. The van der Waals surface area contributed by atoms with Crippen LogP contribution in [0.1, 0.15) is 24.8 Å². The first-order valence-electron chi connectivity index (χ1n) is 4.14. The largest absolute Gasteiger partial charge is 0.395 e. The monoisotopic (exact) mass is 185 g/mol. The summed E-state index contributed by atoms with van der Waals surface area (Å²) in [6.07, 6.45) is 0. The smallest absolute Gasteiger partial charge is 0.0582 e. The van der Waals surface area contributed by atoms with Gasteiger partial charge in [0.1, 0.15) is 0 Å². The van der Waals surface area contributed by atoms with Gasteiger partial charge in [-0.15, -0.1) is 11.3 Å². The van der Waals surface area contributed by atoms with Crippen LogP contribution in [-0.2, 0) is 0 Å². The standard InChI is InChI=1S/C9H15NOS/c1-7(6-11)10-8(2)9-4-3-5-12-9/h3-5,7-8,10-11H,6H2,1-2H3. The van der Waals surface area contributed by atoms with E-state index in [2.05, 4.69) is 23.7 Å². The Bertz CT molecular complexity index is 210. The first-order chi connectivity index (χ1) is 5.74. The van der Waals surface area contributed by atoms with Crippen molar-refractivity contribution in [2.45, 2.75) is 25.9 Å². The van der Waals surface area contributed by atoms with E-state index in [4.69, 9.17) is 5.11 Å². The zero-order chi connectivity index (χ0) is 8.97. The van der Waals surface area contributed by atoms with E-state index >= 15 is 0 Å². The van der Waals surface area contributed by atoms with E-state index in [-0.39, 0.29) is 12.6 Å². The van der Waals surface area contributed by atoms with E-state index in [1.165, 1.54) is 4.88 Å². The van der Waals surface area contributed by atoms with Gasteiger partial charge in [-0.1, -0.05) is 6.07 Å². The third-order valence-electron chi connectivity index (χ3n) is 1.78. The van der Waals surface area contributed by atoms with Gasteiger partial charge in [-0.25, -0.2) is 0 Å². The Morgan fingerprint density at radius 2 is 2.33 bits per heavy atom. The quantitative estimate of drug-likeness (QED) is 0.749. The number of rotatable bonds is 4. The molecule has 0 spiro atoms. The highest BCUT2D eigenvalue weighted by Gasteiger charge is 2.08. The maximum atomic E-state index is 8.82. The van der Waals surface area contributed by atoms with E-state index in [1.807, 2.05) is 13.0 Å². The lowest BCUT2D eigenvalue weighted by Gasteiger charge is -2.16. The number of aliphatic hydroxyl groups is 1. The van der Waals surface area contributed by atoms with Crippen LogP contribution in [0.2, 0.25) is 0 Å². The predicted molar refractivity (Wildman–Crippen MR) is 52.4 cm³/mol. The van der Waals surface area contributed by atoms with Crippen LogP contribution in [0.3, 0.4) is 0 Å². The fourth-order valence-electron chi connectivity index (χ4n) is 1.10. The van der Waals surface area contributed by atoms with Crippen LogP contribution < -0.4 is 5.32 Å². The lowest BCUT2D eigenvalue weighted by atomic mass is 10.2. The van der Waals surface area contributed by atoms with Crippen LogP contribution >= 0.6 is 11.3 Å². The maximum absolute atomic E-state index is 8.82. The Kier molecular flexibility index (Phi) is 3.72. The van der Waals surface area contributed by atoms with Crippen molar-refractivity contribution < 1.29 is 5.11 Å². The molecule has 12 heavy (non-hydrogen) atoms. The molecule has 68 valence electrons. The molecule has 2 nitrogen and oxygen atoms in total. The maximum Gasteiger partial charge on any atom is 0.0582 e. The third-order valence-corrected chi connectivity index (χ3v) is 2.83. The molecule has 1 rings (SSSR count). The van der Waals surface area contributed by atoms with E-state index in [1.54, 1.807) is 11.3 Å². The van der Waals surface area contributed by atoms with Crippen LogP contribution in [-0.4, -0.2) is 17.8 Å². The minimum atomic E-state index is 0.169. The molecule has 1 aromatic rings. The van der Waals surface area contributed by atoms with Gasteiger partial charge in [0.05, 0.1) is 6.61 Å². The minimum absolute atomic E-state index is 0.169. The summed E-state index contributed by atoms with van der Waals surface area (Å²) >= 11 is 1.74. The van der Waals surface area contributed by atoms with E-state index in [0.717, 1.165) is 0 Å². The van der Waals surface area contributed by atoms with Gasteiger partial charge in [-0.2, -0.15) is 0 Å². The third kappa shape index (κ3) is 2.59. The topological polar surface area (TPSA) is 32.3 Å². The molecule has 3 heteroatoms. The molecular formula is C9H15NOS. The molecule has 0 aliphatic heterocycles. The van der Waals surface area contributed by atoms with Crippen molar-refractivity contribution in [1.82, 2.24) is 5.32 Å². The Hall–Kier alpha value is -0.380. The van der Waals surface area contributed by atoms with Crippen LogP contribution in [0.25, 0.3) is 0 Å². The fraction of sp³-hybridized carbons (Fsp3) is 0.556. The second-order valence-electron chi connectivity index (χ2n) is 2.99. The van der Waals surface area contributed by atoms with Gasteiger partial charge in [0.25, 0.3) is 0 Å². The molecule has 0 aliphatic carbocycles. The van der Waals surface area contributed by atoms with Gasteiger partial charge < -0.3 is 10.4 Å². The summed E-state index contributed by atoms with van der Waals surface area (Å²) < 4.78 is 0. The summed E-state index contributed by atoms with van der Waals surface area (Å²) in [5, 5.41) is 14.2. The van der Waals surface area contributed by atoms with Crippen LogP contribution in [0.5, 0.6) is 0 Å². The number of thiophene rings is 1. The Morgan fingerprint density at radius 1 is 1.58 bits per heavy atom. The van der Waals surface area contributed by atoms with E-state index < -0.39 is 0 Å². The number of aliphatic hydroxyl groups excluding tert-OH is 1. The summed E-state index contributed by atoms with van der Waals surface area (Å²) in [5.41, 5.74) is 0. The van der Waals surface area contributed by atoms with Gasteiger partial charge >= 0.3 is 0 Å². The van der Waals surface area contributed by atoms with Gasteiger partial charge in [0.2, 0.25) is 0 Å². The Labute approximate surface area is 77.2 Å². The molecule has 0 saturated heterocycles. The lowest BCUT2D eigenvalue weighted by Crippen LogP contribution is -2.31. The number of hydrogen-bond acceptors (Lipinski definition) is 3. The summed E-state index contributed by atoms with van der Waals surface area (Å²) in [7, 11) is 0. The highest BCUT2D eigenvalue weighted by molar-refractivity contribution is 7.10. The van der Waals surface area contributed by atoms with Gasteiger partial charge in [0.15, 0.2) is 0 Å². The molecule has 0 saturated carbocycles. The molecule has 2 unspecified atom stereocenters. The molecule has 0 radical (unpaired) electrons. The molecule has 0 fully saturated rings. The van der Waals surface area contributed by atoms with E-state index in [9.17, 15) is 0 Å². The van der Waals surface area contributed by atoms with Crippen molar-refractivity contribution in [1.29, 1.82) is 0 Å². The van der Waals surface area contributed by atoms with Crippen molar-refractivity contribution in [3.8, 4) is 0 Å². The van der Waals surface area contributed by atoms with E-state index in [0.29, 0.717) is 6.04 Å². The van der Waals surface area contributed by atoms with Crippen LogP contribution in [0.15, 0.2) is 17.5 Å². The van der Waals surface area contributed by atoms with Gasteiger partial charge in [-0.05, 0) is 25.3 Å². The highest BCUT2D eigenvalue weighted by atomic mass is 32.1. The zero-order valence-corrected chi connectivity index (χ0v) is 8.27. The molecule has 0 bridgehead atoms. The lowest BCUT2D eigenvalue weighted by molar-refractivity contribution is 0.243. The van der Waals surface area contributed by atoms with Crippen LogP contribution in [0, 0.1) is 0 Å². The molecule has 2 N–H and O–H groups in total. The number of nitrogens with one attached hydrogen (secondary N) is 1. The molecule has 0 aliphatic rings.